The topological polar surface area (TPSA) is 67.0 Å². The Morgan fingerprint density at radius 3 is 3.04 bits per heavy atom. The Kier molecular flexibility index (Phi) is 4.73. The number of aromatic nitrogens is 2. The zero-order chi connectivity index (χ0) is 16.1. The van der Waals surface area contributed by atoms with Gasteiger partial charge in [-0.2, -0.15) is 0 Å². The average Bonchev–Trinajstić information content (AvgIpc) is 3.25. The Bertz CT molecular complexity index is 781. The van der Waals surface area contributed by atoms with Crippen LogP contribution >= 0.6 is 11.3 Å². The fourth-order valence-electron chi connectivity index (χ4n) is 2.30. The van der Waals surface area contributed by atoms with Gasteiger partial charge in [-0.05, 0) is 29.6 Å². The molecule has 3 rings (SSSR count). The maximum absolute atomic E-state index is 12.2. The highest BCUT2D eigenvalue weighted by molar-refractivity contribution is 7.13. The summed E-state index contributed by atoms with van der Waals surface area (Å²) in [5, 5.41) is 4.95. The zero-order valence-corrected chi connectivity index (χ0v) is 13.5. The number of rotatable bonds is 6. The number of imidazole rings is 1. The summed E-state index contributed by atoms with van der Waals surface area (Å²) >= 11 is 1.65. The van der Waals surface area contributed by atoms with Crippen LogP contribution < -0.4 is 10.1 Å². The Balaban J connectivity index is 1.59. The Morgan fingerprint density at radius 1 is 1.35 bits per heavy atom. The van der Waals surface area contributed by atoms with Gasteiger partial charge in [0.15, 0.2) is 0 Å². The van der Waals surface area contributed by atoms with Crippen LogP contribution in [0, 0.1) is 0 Å². The number of carbonyl (C=O) groups excluding carboxylic acids is 1. The van der Waals surface area contributed by atoms with Gasteiger partial charge in [-0.3, -0.25) is 4.79 Å². The molecule has 0 saturated heterocycles. The molecule has 2 N–H and O–H groups in total. The number of hydrogen-bond acceptors (Lipinski definition) is 4. The van der Waals surface area contributed by atoms with E-state index in [0.29, 0.717) is 24.3 Å². The van der Waals surface area contributed by atoms with Crippen LogP contribution in [-0.4, -0.2) is 29.5 Å². The minimum absolute atomic E-state index is 0.110. The molecular weight excluding hydrogens is 310 g/mol. The van der Waals surface area contributed by atoms with Crippen molar-refractivity contribution in [3.05, 3.63) is 59.4 Å². The second-order valence-corrected chi connectivity index (χ2v) is 5.89. The van der Waals surface area contributed by atoms with Gasteiger partial charge in [0.2, 0.25) is 0 Å². The number of H-pyrrole nitrogens is 1. The molecule has 0 spiro atoms. The minimum Gasteiger partial charge on any atom is -0.497 e. The van der Waals surface area contributed by atoms with Crippen molar-refractivity contribution in [2.24, 2.45) is 0 Å². The molecule has 118 valence electrons. The first-order chi connectivity index (χ1) is 11.3. The molecule has 2 aromatic heterocycles. The number of nitrogens with zero attached hydrogens (tertiary/aromatic N) is 1. The SMILES string of the molecule is COc1cccc(C(=O)NCCc2[nH]cnc2-c2cccs2)c1. The molecule has 2 heterocycles. The van der Waals surface area contributed by atoms with Gasteiger partial charge in [-0.25, -0.2) is 4.98 Å². The summed E-state index contributed by atoms with van der Waals surface area (Å²) in [5.41, 5.74) is 2.57. The highest BCUT2D eigenvalue weighted by Crippen LogP contribution is 2.25. The standard InChI is InChI=1S/C17H17N3O2S/c1-22-13-5-2-4-12(10-13)17(21)18-8-7-14-16(20-11-19-14)15-6-3-9-23-15/h2-6,9-11H,7-8H2,1H3,(H,18,21)(H,19,20). The van der Waals surface area contributed by atoms with Crippen LogP contribution in [0.5, 0.6) is 5.75 Å². The van der Waals surface area contributed by atoms with Gasteiger partial charge in [-0.1, -0.05) is 12.1 Å². The number of ether oxygens (including phenoxy) is 1. The van der Waals surface area contributed by atoms with Gasteiger partial charge in [0, 0.05) is 24.2 Å². The van der Waals surface area contributed by atoms with E-state index in [2.05, 4.69) is 15.3 Å². The molecule has 1 aromatic carbocycles. The lowest BCUT2D eigenvalue weighted by Gasteiger charge is -2.07. The highest BCUT2D eigenvalue weighted by Gasteiger charge is 2.10. The van der Waals surface area contributed by atoms with E-state index >= 15 is 0 Å². The smallest absolute Gasteiger partial charge is 0.251 e. The fourth-order valence-corrected chi connectivity index (χ4v) is 3.05. The third-order valence-electron chi connectivity index (χ3n) is 3.47. The van der Waals surface area contributed by atoms with Gasteiger partial charge in [0.05, 0.1) is 18.3 Å². The Labute approximate surface area is 138 Å². The molecule has 5 nitrogen and oxygen atoms in total. The summed E-state index contributed by atoms with van der Waals surface area (Å²) in [6.45, 7) is 0.538. The van der Waals surface area contributed by atoms with E-state index in [1.54, 1.807) is 43.0 Å². The molecule has 6 heteroatoms. The summed E-state index contributed by atoms with van der Waals surface area (Å²) in [6, 6.07) is 11.2. The number of benzene rings is 1. The monoisotopic (exact) mass is 327 g/mol. The van der Waals surface area contributed by atoms with E-state index in [-0.39, 0.29) is 5.91 Å². The van der Waals surface area contributed by atoms with Gasteiger partial charge in [-0.15, -0.1) is 11.3 Å². The molecule has 1 amide bonds. The third-order valence-corrected chi connectivity index (χ3v) is 4.34. The molecular formula is C17H17N3O2S. The predicted molar refractivity (Wildman–Crippen MR) is 90.9 cm³/mol. The second-order valence-electron chi connectivity index (χ2n) is 4.94. The number of hydrogen-bond donors (Lipinski definition) is 2. The molecule has 0 atom stereocenters. The van der Waals surface area contributed by atoms with Gasteiger partial charge >= 0.3 is 0 Å². The fraction of sp³-hybridized carbons (Fsp3) is 0.176. The van der Waals surface area contributed by atoms with E-state index in [1.165, 1.54) is 0 Å². The van der Waals surface area contributed by atoms with Crippen LogP contribution in [0.3, 0.4) is 0 Å². The third kappa shape index (κ3) is 3.60. The first kappa shape index (κ1) is 15.3. The normalized spacial score (nSPS) is 10.5. The Morgan fingerprint density at radius 2 is 2.26 bits per heavy atom. The number of carbonyl (C=O) groups is 1. The quantitative estimate of drug-likeness (QED) is 0.731. The van der Waals surface area contributed by atoms with E-state index in [4.69, 9.17) is 4.74 Å². The predicted octanol–water partition coefficient (Wildman–Crippen LogP) is 3.12. The summed E-state index contributed by atoms with van der Waals surface area (Å²) < 4.78 is 5.13. The van der Waals surface area contributed by atoms with Crippen LogP contribution in [0.1, 0.15) is 16.1 Å². The molecule has 0 aliphatic rings. The van der Waals surface area contributed by atoms with Gasteiger partial charge in [0.25, 0.3) is 5.91 Å². The zero-order valence-electron chi connectivity index (χ0n) is 12.7. The molecule has 0 radical (unpaired) electrons. The van der Waals surface area contributed by atoms with Crippen molar-refractivity contribution in [1.82, 2.24) is 15.3 Å². The van der Waals surface area contributed by atoms with E-state index in [9.17, 15) is 4.79 Å². The summed E-state index contributed by atoms with van der Waals surface area (Å²) in [5.74, 6) is 0.562. The van der Waals surface area contributed by atoms with E-state index < -0.39 is 0 Å². The van der Waals surface area contributed by atoms with Crippen molar-refractivity contribution in [1.29, 1.82) is 0 Å². The first-order valence-electron chi connectivity index (χ1n) is 7.26. The average molecular weight is 327 g/mol. The lowest BCUT2D eigenvalue weighted by molar-refractivity contribution is 0.0953. The molecule has 0 aliphatic carbocycles. The highest BCUT2D eigenvalue weighted by atomic mass is 32.1. The lowest BCUT2D eigenvalue weighted by atomic mass is 10.2. The molecule has 3 aromatic rings. The molecule has 0 aliphatic heterocycles. The molecule has 0 saturated carbocycles. The number of methoxy groups -OCH3 is 1. The summed E-state index contributed by atoms with van der Waals surface area (Å²) in [7, 11) is 1.58. The van der Waals surface area contributed by atoms with Crippen LogP contribution in [-0.2, 0) is 6.42 Å². The van der Waals surface area contributed by atoms with Crippen LogP contribution in [0.4, 0.5) is 0 Å². The van der Waals surface area contributed by atoms with Gasteiger partial charge in [0.1, 0.15) is 11.4 Å². The molecule has 23 heavy (non-hydrogen) atoms. The van der Waals surface area contributed by atoms with Crippen LogP contribution in [0.25, 0.3) is 10.6 Å². The van der Waals surface area contributed by atoms with Crippen molar-refractivity contribution in [2.45, 2.75) is 6.42 Å². The maximum atomic E-state index is 12.2. The molecule has 0 unspecified atom stereocenters. The van der Waals surface area contributed by atoms with Crippen molar-refractivity contribution < 1.29 is 9.53 Å². The largest absolute Gasteiger partial charge is 0.497 e. The second kappa shape index (κ2) is 7.11. The molecule has 0 bridgehead atoms. The molecule has 0 fully saturated rings. The number of amides is 1. The van der Waals surface area contributed by atoms with Crippen molar-refractivity contribution >= 4 is 17.2 Å². The van der Waals surface area contributed by atoms with Crippen molar-refractivity contribution in [3.8, 4) is 16.3 Å². The minimum atomic E-state index is -0.110. The van der Waals surface area contributed by atoms with Gasteiger partial charge < -0.3 is 15.0 Å². The maximum Gasteiger partial charge on any atom is 0.251 e. The Hall–Kier alpha value is -2.60. The van der Waals surface area contributed by atoms with Crippen molar-refractivity contribution in [3.63, 3.8) is 0 Å². The van der Waals surface area contributed by atoms with Crippen LogP contribution in [0.2, 0.25) is 0 Å². The summed E-state index contributed by atoms with van der Waals surface area (Å²) in [6.07, 6.45) is 2.39. The first-order valence-corrected chi connectivity index (χ1v) is 8.14. The number of aromatic amines is 1. The van der Waals surface area contributed by atoms with E-state index in [1.807, 2.05) is 23.6 Å². The van der Waals surface area contributed by atoms with Crippen molar-refractivity contribution in [2.75, 3.05) is 13.7 Å². The number of thiophene rings is 1. The summed E-state index contributed by atoms with van der Waals surface area (Å²) in [4.78, 5) is 20.8. The number of nitrogens with one attached hydrogen (secondary N) is 2. The lowest BCUT2D eigenvalue weighted by Crippen LogP contribution is -2.25. The van der Waals surface area contributed by atoms with E-state index in [0.717, 1.165) is 16.3 Å². The van der Waals surface area contributed by atoms with Crippen LogP contribution in [0.15, 0.2) is 48.1 Å².